The molecular formula is C12H11BrO3. The van der Waals surface area contributed by atoms with Crippen LogP contribution in [0, 0.1) is 0 Å². The van der Waals surface area contributed by atoms with Gasteiger partial charge in [-0.2, -0.15) is 0 Å². The Labute approximate surface area is 101 Å². The molecule has 0 fully saturated rings. The highest BCUT2D eigenvalue weighted by Crippen LogP contribution is 2.28. The summed E-state index contributed by atoms with van der Waals surface area (Å²) in [6, 6.07) is 5.21. The maximum atomic E-state index is 11.6. The van der Waals surface area contributed by atoms with Crippen LogP contribution in [0.1, 0.15) is 18.9 Å². The number of benzene rings is 1. The molecule has 0 amide bonds. The summed E-state index contributed by atoms with van der Waals surface area (Å²) in [6.07, 6.45) is 1.32. The number of hydrogen-bond donors (Lipinski definition) is 1. The predicted octanol–water partition coefficient (Wildman–Crippen LogP) is 3.21. The normalized spacial score (nSPS) is 10.9. The van der Waals surface area contributed by atoms with E-state index in [1.807, 2.05) is 6.92 Å². The number of rotatable bonds is 2. The molecule has 0 unspecified atom stereocenters. The minimum Gasteiger partial charge on any atom is -0.507 e. The van der Waals surface area contributed by atoms with E-state index in [2.05, 4.69) is 15.9 Å². The molecule has 0 saturated heterocycles. The van der Waals surface area contributed by atoms with Crippen molar-refractivity contribution in [3.63, 3.8) is 0 Å². The summed E-state index contributed by atoms with van der Waals surface area (Å²) in [6.45, 7) is 1.95. The second-order valence-electron chi connectivity index (χ2n) is 3.61. The topological polar surface area (TPSA) is 50.4 Å². The van der Waals surface area contributed by atoms with Crippen molar-refractivity contribution in [3.05, 3.63) is 38.7 Å². The largest absolute Gasteiger partial charge is 0.507 e. The highest BCUT2D eigenvalue weighted by molar-refractivity contribution is 9.10. The van der Waals surface area contributed by atoms with Crippen LogP contribution in [0.15, 0.2) is 31.9 Å². The predicted molar refractivity (Wildman–Crippen MR) is 65.8 cm³/mol. The average Bonchev–Trinajstić information content (AvgIpc) is 2.23. The molecule has 1 aromatic carbocycles. The second kappa shape index (κ2) is 4.29. The monoisotopic (exact) mass is 282 g/mol. The van der Waals surface area contributed by atoms with E-state index in [4.69, 9.17) is 4.42 Å². The van der Waals surface area contributed by atoms with E-state index in [9.17, 15) is 9.90 Å². The Balaban J connectivity index is 2.78. The van der Waals surface area contributed by atoms with E-state index in [0.29, 0.717) is 23.0 Å². The minimum absolute atomic E-state index is 0.0422. The van der Waals surface area contributed by atoms with Crippen molar-refractivity contribution in [2.75, 3.05) is 0 Å². The van der Waals surface area contributed by atoms with Crippen LogP contribution in [-0.2, 0) is 6.42 Å². The first-order chi connectivity index (χ1) is 7.63. The first kappa shape index (κ1) is 11.2. The molecule has 0 bridgehead atoms. The van der Waals surface area contributed by atoms with Gasteiger partial charge in [0.25, 0.3) is 0 Å². The molecule has 16 heavy (non-hydrogen) atoms. The van der Waals surface area contributed by atoms with Crippen LogP contribution in [0.25, 0.3) is 11.0 Å². The quantitative estimate of drug-likeness (QED) is 0.861. The third-order valence-corrected chi connectivity index (χ3v) is 2.93. The summed E-state index contributed by atoms with van der Waals surface area (Å²) >= 11 is 3.29. The van der Waals surface area contributed by atoms with E-state index in [0.717, 1.165) is 10.9 Å². The van der Waals surface area contributed by atoms with Crippen LogP contribution in [0.5, 0.6) is 5.75 Å². The van der Waals surface area contributed by atoms with Gasteiger partial charge in [0.2, 0.25) is 0 Å². The van der Waals surface area contributed by atoms with Gasteiger partial charge in [-0.3, -0.25) is 0 Å². The van der Waals surface area contributed by atoms with E-state index < -0.39 is 5.63 Å². The summed E-state index contributed by atoms with van der Waals surface area (Å²) in [5.74, 6) is 0.0422. The van der Waals surface area contributed by atoms with Crippen molar-refractivity contribution in [1.29, 1.82) is 0 Å². The zero-order valence-electron chi connectivity index (χ0n) is 8.79. The van der Waals surface area contributed by atoms with E-state index >= 15 is 0 Å². The Hall–Kier alpha value is -1.29. The van der Waals surface area contributed by atoms with Crippen molar-refractivity contribution in [2.24, 2.45) is 0 Å². The van der Waals surface area contributed by atoms with Crippen LogP contribution < -0.4 is 5.63 Å². The smallest absolute Gasteiger partial charge is 0.343 e. The Morgan fingerprint density at radius 1 is 1.44 bits per heavy atom. The molecule has 0 aliphatic rings. The summed E-state index contributed by atoms with van der Waals surface area (Å²) in [5, 5.41) is 10.6. The number of hydrogen-bond acceptors (Lipinski definition) is 3. The molecule has 3 nitrogen and oxygen atoms in total. The van der Waals surface area contributed by atoms with Crippen LogP contribution >= 0.6 is 15.9 Å². The van der Waals surface area contributed by atoms with E-state index in [1.54, 1.807) is 18.2 Å². The maximum Gasteiger partial charge on any atom is 0.343 e. The molecule has 84 valence electrons. The van der Waals surface area contributed by atoms with Gasteiger partial charge in [0, 0.05) is 4.47 Å². The maximum absolute atomic E-state index is 11.6. The first-order valence-electron chi connectivity index (χ1n) is 5.07. The van der Waals surface area contributed by atoms with Gasteiger partial charge < -0.3 is 9.52 Å². The molecule has 0 aliphatic heterocycles. The zero-order valence-corrected chi connectivity index (χ0v) is 10.4. The van der Waals surface area contributed by atoms with Crippen molar-refractivity contribution < 1.29 is 9.52 Å². The molecule has 2 rings (SSSR count). The Bertz CT molecular complexity index is 587. The van der Waals surface area contributed by atoms with Crippen molar-refractivity contribution in [2.45, 2.75) is 19.8 Å². The zero-order chi connectivity index (χ0) is 11.7. The summed E-state index contributed by atoms with van der Waals surface area (Å²) in [4.78, 5) is 11.6. The lowest BCUT2D eigenvalue weighted by Crippen LogP contribution is -2.07. The molecule has 0 saturated carbocycles. The molecule has 1 N–H and O–H groups in total. The molecule has 1 aromatic heterocycles. The first-order valence-corrected chi connectivity index (χ1v) is 5.87. The Morgan fingerprint density at radius 3 is 2.88 bits per heavy atom. The molecule has 0 aliphatic carbocycles. The van der Waals surface area contributed by atoms with Gasteiger partial charge in [-0.15, -0.1) is 0 Å². The van der Waals surface area contributed by atoms with Crippen LogP contribution in [0.2, 0.25) is 0 Å². The van der Waals surface area contributed by atoms with Crippen molar-refractivity contribution >= 4 is 26.9 Å². The molecule has 0 atom stereocenters. The minimum atomic E-state index is -0.454. The van der Waals surface area contributed by atoms with E-state index in [1.165, 1.54) is 0 Å². The van der Waals surface area contributed by atoms with Crippen molar-refractivity contribution in [1.82, 2.24) is 0 Å². The highest BCUT2D eigenvalue weighted by Gasteiger charge is 2.12. The van der Waals surface area contributed by atoms with Gasteiger partial charge in [0.15, 0.2) is 0 Å². The van der Waals surface area contributed by atoms with Gasteiger partial charge in [-0.25, -0.2) is 4.79 Å². The molecule has 2 aromatic rings. The molecule has 0 spiro atoms. The summed E-state index contributed by atoms with van der Waals surface area (Å²) < 4.78 is 5.97. The fraction of sp³-hybridized carbons (Fsp3) is 0.250. The lowest BCUT2D eigenvalue weighted by atomic mass is 10.1. The number of aromatic hydroxyl groups is 1. The standard InChI is InChI=1S/C12H11BrO3/c1-2-3-9-11(14)8-5-4-7(13)6-10(8)16-12(9)15/h4-6,14H,2-3H2,1H3. The van der Waals surface area contributed by atoms with Crippen molar-refractivity contribution in [3.8, 4) is 5.75 Å². The van der Waals surface area contributed by atoms with Crippen LogP contribution in [0.4, 0.5) is 0 Å². The summed E-state index contributed by atoms with van der Waals surface area (Å²) in [5.41, 5.74) is 0.305. The molecular weight excluding hydrogens is 272 g/mol. The van der Waals surface area contributed by atoms with Gasteiger partial charge in [-0.05, 0) is 24.6 Å². The number of halogens is 1. The third-order valence-electron chi connectivity index (χ3n) is 2.43. The molecule has 4 heteroatoms. The van der Waals surface area contributed by atoms with E-state index in [-0.39, 0.29) is 5.75 Å². The Morgan fingerprint density at radius 2 is 2.19 bits per heavy atom. The average molecular weight is 283 g/mol. The Kier molecular flexibility index (Phi) is 3.01. The number of fused-ring (bicyclic) bond motifs is 1. The van der Waals surface area contributed by atoms with Gasteiger partial charge >= 0.3 is 5.63 Å². The van der Waals surface area contributed by atoms with Gasteiger partial charge in [0.05, 0.1) is 10.9 Å². The molecule has 1 heterocycles. The second-order valence-corrected chi connectivity index (χ2v) is 4.52. The SMILES string of the molecule is CCCc1c(O)c2ccc(Br)cc2oc1=O. The van der Waals surface area contributed by atoms with Gasteiger partial charge in [0.1, 0.15) is 11.3 Å². The van der Waals surface area contributed by atoms with Gasteiger partial charge in [-0.1, -0.05) is 29.3 Å². The summed E-state index contributed by atoms with van der Waals surface area (Å²) in [7, 11) is 0. The fourth-order valence-corrected chi connectivity index (χ4v) is 2.01. The lowest BCUT2D eigenvalue weighted by Gasteiger charge is -2.05. The van der Waals surface area contributed by atoms with Crippen LogP contribution in [0.3, 0.4) is 0 Å². The van der Waals surface area contributed by atoms with Crippen LogP contribution in [-0.4, -0.2) is 5.11 Å². The fourth-order valence-electron chi connectivity index (χ4n) is 1.67. The third kappa shape index (κ3) is 1.85. The highest BCUT2D eigenvalue weighted by atomic mass is 79.9. The molecule has 0 radical (unpaired) electrons. The lowest BCUT2D eigenvalue weighted by molar-refractivity contribution is 0.456.